The smallest absolute Gasteiger partial charge is 0.265 e. The van der Waals surface area contributed by atoms with Gasteiger partial charge in [0.05, 0.1) is 38.4 Å². The van der Waals surface area contributed by atoms with Crippen molar-refractivity contribution in [3.05, 3.63) is 96.9 Å². The number of hydrogen-bond donors (Lipinski definition) is 1. The van der Waals surface area contributed by atoms with Crippen molar-refractivity contribution in [2.75, 3.05) is 5.32 Å². The van der Waals surface area contributed by atoms with Crippen molar-refractivity contribution < 1.29 is 9.53 Å². The molecule has 0 spiro atoms. The van der Waals surface area contributed by atoms with Crippen molar-refractivity contribution in [1.82, 2.24) is 9.78 Å². The maximum atomic E-state index is 12.6. The first-order valence-electron chi connectivity index (χ1n) is 9.61. The quantitative estimate of drug-likeness (QED) is 0.291. The van der Waals surface area contributed by atoms with Gasteiger partial charge in [0.1, 0.15) is 12.4 Å². The average Bonchev–Trinajstić information content (AvgIpc) is 3.41. The third kappa shape index (κ3) is 5.64. The monoisotopic (exact) mass is 505 g/mol. The van der Waals surface area contributed by atoms with Gasteiger partial charge in [0.15, 0.2) is 0 Å². The van der Waals surface area contributed by atoms with E-state index in [1.807, 2.05) is 36.6 Å². The van der Waals surface area contributed by atoms with E-state index in [1.165, 1.54) is 11.3 Å². The predicted molar refractivity (Wildman–Crippen MR) is 131 cm³/mol. The van der Waals surface area contributed by atoms with Gasteiger partial charge < -0.3 is 10.1 Å². The Kier molecular flexibility index (Phi) is 7.06. The molecular weight excluding hydrogens is 489 g/mol. The van der Waals surface area contributed by atoms with Crippen LogP contribution < -0.4 is 10.1 Å². The normalized spacial score (nSPS) is 10.9. The summed E-state index contributed by atoms with van der Waals surface area (Å²) in [5.41, 5.74) is 3.52. The highest BCUT2D eigenvalue weighted by molar-refractivity contribution is 7.12. The summed E-state index contributed by atoms with van der Waals surface area (Å²) in [7, 11) is 0. The molecule has 1 amide bonds. The Morgan fingerprint density at radius 2 is 1.88 bits per heavy atom. The Morgan fingerprint density at radius 3 is 2.69 bits per heavy atom. The molecule has 5 nitrogen and oxygen atoms in total. The van der Waals surface area contributed by atoms with E-state index < -0.39 is 0 Å². The van der Waals surface area contributed by atoms with E-state index >= 15 is 0 Å². The van der Waals surface area contributed by atoms with Crippen molar-refractivity contribution in [2.24, 2.45) is 0 Å². The number of carbonyl (C=O) groups excluding carboxylic acids is 1. The summed E-state index contributed by atoms with van der Waals surface area (Å²) < 4.78 is 7.52. The molecule has 4 rings (SSSR count). The molecule has 0 aliphatic carbocycles. The zero-order chi connectivity index (χ0) is 22.7. The molecule has 32 heavy (non-hydrogen) atoms. The van der Waals surface area contributed by atoms with Gasteiger partial charge in [0.2, 0.25) is 0 Å². The van der Waals surface area contributed by atoms with Crippen molar-refractivity contribution in [1.29, 1.82) is 0 Å². The zero-order valence-corrected chi connectivity index (χ0v) is 20.0. The van der Waals surface area contributed by atoms with Gasteiger partial charge in [0.25, 0.3) is 5.91 Å². The summed E-state index contributed by atoms with van der Waals surface area (Å²) in [6.07, 6.45) is 3.37. The SMILES string of the molecule is Cc1ccc(Cl)c(OCc2csc(C(=O)Nc3cnn(Cc4ccc(Cl)c(Cl)c4)c3)c2)c1. The van der Waals surface area contributed by atoms with Gasteiger partial charge in [-0.3, -0.25) is 9.48 Å². The lowest BCUT2D eigenvalue weighted by Crippen LogP contribution is -2.09. The van der Waals surface area contributed by atoms with E-state index in [1.54, 1.807) is 35.3 Å². The fraction of sp³-hybridized carbons (Fsp3) is 0.130. The molecule has 0 atom stereocenters. The molecule has 4 aromatic rings. The van der Waals surface area contributed by atoms with Crippen molar-refractivity contribution in [2.45, 2.75) is 20.1 Å². The molecule has 0 unspecified atom stereocenters. The first kappa shape index (κ1) is 22.7. The number of carbonyl (C=O) groups is 1. The van der Waals surface area contributed by atoms with E-state index in [9.17, 15) is 4.79 Å². The summed E-state index contributed by atoms with van der Waals surface area (Å²) in [5.74, 6) is 0.419. The van der Waals surface area contributed by atoms with Crippen LogP contribution in [0.15, 0.2) is 60.2 Å². The van der Waals surface area contributed by atoms with Crippen LogP contribution in [0.4, 0.5) is 5.69 Å². The topological polar surface area (TPSA) is 56.1 Å². The lowest BCUT2D eigenvalue weighted by atomic mass is 10.2. The number of hydrogen-bond acceptors (Lipinski definition) is 4. The number of nitrogens with zero attached hydrogens (tertiary/aromatic N) is 2. The zero-order valence-electron chi connectivity index (χ0n) is 16.9. The molecule has 0 radical (unpaired) electrons. The minimum atomic E-state index is -0.205. The molecule has 0 bridgehead atoms. The number of benzene rings is 2. The van der Waals surface area contributed by atoms with Gasteiger partial charge in [-0.2, -0.15) is 5.10 Å². The molecule has 0 aliphatic heterocycles. The molecule has 2 aromatic heterocycles. The van der Waals surface area contributed by atoms with Crippen molar-refractivity contribution in [3.63, 3.8) is 0 Å². The Morgan fingerprint density at radius 1 is 1.06 bits per heavy atom. The van der Waals surface area contributed by atoms with Gasteiger partial charge >= 0.3 is 0 Å². The van der Waals surface area contributed by atoms with E-state index in [-0.39, 0.29) is 5.91 Å². The van der Waals surface area contributed by atoms with Crippen LogP contribution >= 0.6 is 46.1 Å². The van der Waals surface area contributed by atoms with Gasteiger partial charge in [-0.1, -0.05) is 46.9 Å². The lowest BCUT2D eigenvalue weighted by Gasteiger charge is -2.07. The highest BCUT2D eigenvalue weighted by Gasteiger charge is 2.12. The Bertz CT molecular complexity index is 1270. The van der Waals surface area contributed by atoms with E-state index in [2.05, 4.69) is 10.4 Å². The number of nitrogens with one attached hydrogen (secondary N) is 1. The largest absolute Gasteiger partial charge is 0.487 e. The molecule has 0 fully saturated rings. The van der Waals surface area contributed by atoms with Crippen LogP contribution in [0.1, 0.15) is 26.4 Å². The number of thiophene rings is 1. The van der Waals surface area contributed by atoms with Crippen LogP contribution in [-0.2, 0) is 13.2 Å². The van der Waals surface area contributed by atoms with Gasteiger partial charge in [0, 0.05) is 11.8 Å². The molecule has 2 heterocycles. The number of halogens is 3. The first-order valence-corrected chi connectivity index (χ1v) is 11.6. The van der Waals surface area contributed by atoms with E-state index in [4.69, 9.17) is 39.5 Å². The van der Waals surface area contributed by atoms with Crippen LogP contribution in [0, 0.1) is 6.92 Å². The molecule has 0 saturated carbocycles. The number of aromatic nitrogens is 2. The van der Waals surface area contributed by atoms with Crippen molar-refractivity contribution >= 4 is 57.7 Å². The fourth-order valence-corrected chi connectivity index (χ4v) is 4.27. The van der Waals surface area contributed by atoms with Crippen LogP contribution in [0.3, 0.4) is 0 Å². The highest BCUT2D eigenvalue weighted by atomic mass is 35.5. The molecule has 9 heteroatoms. The average molecular weight is 507 g/mol. The molecule has 2 aromatic carbocycles. The summed E-state index contributed by atoms with van der Waals surface area (Å²) in [6.45, 7) is 2.81. The van der Waals surface area contributed by atoms with Crippen molar-refractivity contribution in [3.8, 4) is 5.75 Å². The third-order valence-corrected chi connectivity index (χ3v) is 6.61. The number of anilines is 1. The molecule has 1 N–H and O–H groups in total. The second-order valence-electron chi connectivity index (χ2n) is 7.17. The highest BCUT2D eigenvalue weighted by Crippen LogP contribution is 2.27. The van der Waals surface area contributed by atoms with Crippen LogP contribution in [0.5, 0.6) is 5.75 Å². The first-order chi connectivity index (χ1) is 15.4. The Balaban J connectivity index is 1.35. The summed E-state index contributed by atoms with van der Waals surface area (Å²) >= 11 is 19.5. The van der Waals surface area contributed by atoms with Crippen LogP contribution in [0.2, 0.25) is 15.1 Å². The number of amides is 1. The maximum absolute atomic E-state index is 12.6. The minimum absolute atomic E-state index is 0.205. The standard InChI is InChI=1S/C23H18Cl3N3O2S/c1-14-2-4-19(25)21(6-14)31-12-16-8-22(32-13-16)23(30)28-17-9-27-29(11-17)10-15-3-5-18(24)20(26)7-15/h2-9,11,13H,10,12H2,1H3,(H,28,30). The van der Waals surface area contributed by atoms with E-state index in [0.717, 1.165) is 16.7 Å². The molecule has 164 valence electrons. The van der Waals surface area contributed by atoms with Gasteiger partial charge in [-0.25, -0.2) is 0 Å². The predicted octanol–water partition coefficient (Wildman–Crippen LogP) is 7.09. The van der Waals surface area contributed by atoms with Crippen LogP contribution in [-0.4, -0.2) is 15.7 Å². The number of aryl methyl sites for hydroxylation is 1. The van der Waals surface area contributed by atoms with Gasteiger partial charge in [-0.05, 0) is 53.8 Å². The van der Waals surface area contributed by atoms with Crippen LogP contribution in [0.25, 0.3) is 0 Å². The number of rotatable bonds is 7. The van der Waals surface area contributed by atoms with Gasteiger partial charge in [-0.15, -0.1) is 11.3 Å². The molecule has 0 aliphatic rings. The fourth-order valence-electron chi connectivity index (χ4n) is 2.98. The second kappa shape index (κ2) is 9.96. The summed E-state index contributed by atoms with van der Waals surface area (Å²) in [4.78, 5) is 13.2. The third-order valence-electron chi connectivity index (χ3n) is 4.58. The lowest BCUT2D eigenvalue weighted by molar-refractivity contribution is 0.103. The summed E-state index contributed by atoms with van der Waals surface area (Å²) in [5, 5.41) is 10.6. The number of ether oxygens (including phenoxy) is 1. The second-order valence-corrected chi connectivity index (χ2v) is 9.30. The molecular formula is C23H18Cl3N3O2S. The maximum Gasteiger partial charge on any atom is 0.265 e. The summed E-state index contributed by atoms with van der Waals surface area (Å²) in [6, 6.07) is 12.9. The Labute approximate surface area is 204 Å². The molecule has 0 saturated heterocycles. The van der Waals surface area contributed by atoms with E-state index in [0.29, 0.717) is 44.5 Å². The minimum Gasteiger partial charge on any atom is -0.487 e. The Hall–Kier alpha value is -2.51.